The van der Waals surface area contributed by atoms with Crippen molar-refractivity contribution < 1.29 is 0 Å². The van der Waals surface area contributed by atoms with Crippen molar-refractivity contribution in [3.63, 3.8) is 0 Å². The van der Waals surface area contributed by atoms with Crippen molar-refractivity contribution in [2.45, 2.75) is 51.5 Å². The number of rotatable bonds is 5. The van der Waals surface area contributed by atoms with Gasteiger partial charge in [-0.3, -0.25) is 0 Å². The Bertz CT molecular complexity index is 142. The Balaban J connectivity index is 2.14. The molecule has 1 rings (SSSR count). The quantitative estimate of drug-likeness (QED) is 0.507. The average Bonchev–Trinajstić information content (AvgIpc) is 2.19. The first-order valence-corrected chi connectivity index (χ1v) is 5.72. The van der Waals surface area contributed by atoms with E-state index in [4.69, 9.17) is 0 Å². The summed E-state index contributed by atoms with van der Waals surface area (Å²) in [6.07, 6.45) is 10.2. The van der Waals surface area contributed by atoms with Gasteiger partial charge in [0.15, 0.2) is 0 Å². The van der Waals surface area contributed by atoms with Crippen LogP contribution >= 0.6 is 0 Å². The van der Waals surface area contributed by atoms with E-state index in [-0.39, 0.29) is 0 Å². The van der Waals surface area contributed by atoms with Gasteiger partial charge in [0, 0.05) is 6.04 Å². The van der Waals surface area contributed by atoms with Crippen molar-refractivity contribution >= 4 is 0 Å². The molecule has 0 aliphatic heterocycles. The van der Waals surface area contributed by atoms with Crippen LogP contribution in [0, 0.1) is 5.92 Å². The fourth-order valence-electron chi connectivity index (χ4n) is 2.11. The largest absolute Gasteiger partial charge is 0.314 e. The van der Waals surface area contributed by atoms with Gasteiger partial charge in [0.25, 0.3) is 0 Å². The van der Waals surface area contributed by atoms with E-state index in [1.54, 1.807) is 0 Å². The standard InChI is InChI=1S/C12H23N/c1-3-5-9-13-12-8-6-7-11(4-2)10-12/h4,11-13H,2-3,5-10H2,1H3. The van der Waals surface area contributed by atoms with Gasteiger partial charge in [-0.1, -0.05) is 25.8 Å². The van der Waals surface area contributed by atoms with Gasteiger partial charge in [-0.2, -0.15) is 0 Å². The number of allylic oxidation sites excluding steroid dienone is 1. The normalized spacial score (nSPS) is 28.7. The van der Waals surface area contributed by atoms with Gasteiger partial charge in [0.2, 0.25) is 0 Å². The molecule has 0 radical (unpaired) electrons. The summed E-state index contributed by atoms with van der Waals surface area (Å²) in [5.74, 6) is 0.771. The smallest absolute Gasteiger partial charge is 0.00726 e. The fourth-order valence-corrected chi connectivity index (χ4v) is 2.11. The lowest BCUT2D eigenvalue weighted by atomic mass is 9.86. The highest BCUT2D eigenvalue weighted by Crippen LogP contribution is 2.24. The first-order chi connectivity index (χ1) is 6.36. The first-order valence-electron chi connectivity index (χ1n) is 5.72. The van der Waals surface area contributed by atoms with Gasteiger partial charge >= 0.3 is 0 Å². The van der Waals surface area contributed by atoms with Crippen molar-refractivity contribution in [2.24, 2.45) is 5.92 Å². The van der Waals surface area contributed by atoms with Crippen LogP contribution in [0.15, 0.2) is 12.7 Å². The Hall–Kier alpha value is -0.300. The van der Waals surface area contributed by atoms with Crippen LogP contribution in [-0.2, 0) is 0 Å². The minimum Gasteiger partial charge on any atom is -0.314 e. The lowest BCUT2D eigenvalue weighted by Crippen LogP contribution is -2.34. The van der Waals surface area contributed by atoms with Crippen molar-refractivity contribution in [1.29, 1.82) is 0 Å². The first kappa shape index (κ1) is 10.8. The highest BCUT2D eigenvalue weighted by Gasteiger charge is 2.18. The van der Waals surface area contributed by atoms with Gasteiger partial charge in [0.05, 0.1) is 0 Å². The summed E-state index contributed by atoms with van der Waals surface area (Å²) >= 11 is 0. The number of unbranched alkanes of at least 4 members (excludes halogenated alkanes) is 1. The predicted octanol–water partition coefficient (Wildman–Crippen LogP) is 3.12. The molecule has 0 amide bonds. The molecule has 1 nitrogen and oxygen atoms in total. The molecule has 0 heterocycles. The van der Waals surface area contributed by atoms with Gasteiger partial charge in [-0.25, -0.2) is 0 Å². The second-order valence-electron chi connectivity index (χ2n) is 4.17. The molecule has 1 N–H and O–H groups in total. The zero-order chi connectivity index (χ0) is 9.52. The van der Waals surface area contributed by atoms with Gasteiger partial charge in [0.1, 0.15) is 0 Å². The molecule has 0 aromatic carbocycles. The summed E-state index contributed by atoms with van der Waals surface area (Å²) in [5.41, 5.74) is 0. The predicted molar refractivity (Wildman–Crippen MR) is 58.9 cm³/mol. The Morgan fingerprint density at radius 2 is 2.31 bits per heavy atom. The highest BCUT2D eigenvalue weighted by molar-refractivity contribution is 4.87. The van der Waals surface area contributed by atoms with E-state index in [2.05, 4.69) is 24.9 Å². The highest BCUT2D eigenvalue weighted by atomic mass is 14.9. The van der Waals surface area contributed by atoms with Crippen LogP contribution in [0.1, 0.15) is 45.4 Å². The monoisotopic (exact) mass is 181 g/mol. The molecule has 1 heteroatoms. The van der Waals surface area contributed by atoms with Crippen molar-refractivity contribution in [3.8, 4) is 0 Å². The molecule has 0 bridgehead atoms. The van der Waals surface area contributed by atoms with Crippen LogP contribution in [0.4, 0.5) is 0 Å². The van der Waals surface area contributed by atoms with Gasteiger partial charge < -0.3 is 5.32 Å². The molecule has 13 heavy (non-hydrogen) atoms. The molecule has 1 saturated carbocycles. The second-order valence-corrected chi connectivity index (χ2v) is 4.17. The number of nitrogens with one attached hydrogen (secondary N) is 1. The summed E-state index contributed by atoms with van der Waals surface area (Å²) in [4.78, 5) is 0. The molecule has 0 aromatic rings. The number of hydrogen-bond donors (Lipinski definition) is 1. The molecule has 76 valence electrons. The van der Waals surface area contributed by atoms with E-state index >= 15 is 0 Å². The third-order valence-electron chi connectivity index (χ3n) is 3.01. The molecule has 0 saturated heterocycles. The molecule has 1 fully saturated rings. The summed E-state index contributed by atoms with van der Waals surface area (Å²) < 4.78 is 0. The van der Waals surface area contributed by atoms with Crippen LogP contribution in [0.3, 0.4) is 0 Å². The summed E-state index contributed by atoms with van der Waals surface area (Å²) in [6.45, 7) is 7.33. The van der Waals surface area contributed by atoms with E-state index in [1.807, 2.05) is 0 Å². The van der Waals surface area contributed by atoms with Crippen molar-refractivity contribution in [1.82, 2.24) is 5.32 Å². The third kappa shape index (κ3) is 3.95. The van der Waals surface area contributed by atoms with Crippen molar-refractivity contribution in [3.05, 3.63) is 12.7 Å². The lowest BCUT2D eigenvalue weighted by molar-refractivity contribution is 0.322. The molecular weight excluding hydrogens is 158 g/mol. The summed E-state index contributed by atoms with van der Waals surface area (Å²) in [7, 11) is 0. The molecule has 1 aliphatic rings. The molecule has 1 aliphatic carbocycles. The maximum Gasteiger partial charge on any atom is 0.00726 e. The molecule has 0 spiro atoms. The molecule has 2 atom stereocenters. The summed E-state index contributed by atoms with van der Waals surface area (Å²) in [6, 6.07) is 0.767. The minimum absolute atomic E-state index is 0.767. The van der Waals surface area contributed by atoms with Crippen molar-refractivity contribution in [2.75, 3.05) is 6.54 Å². The van der Waals surface area contributed by atoms with E-state index < -0.39 is 0 Å². The third-order valence-corrected chi connectivity index (χ3v) is 3.01. The van der Waals surface area contributed by atoms with Crippen LogP contribution in [0.5, 0.6) is 0 Å². The van der Waals surface area contributed by atoms with Gasteiger partial charge in [-0.05, 0) is 38.1 Å². The Labute approximate surface area is 82.6 Å². The average molecular weight is 181 g/mol. The molecular formula is C12H23N. The second kappa shape index (κ2) is 6.20. The van der Waals surface area contributed by atoms with Crippen LogP contribution in [0.2, 0.25) is 0 Å². The Morgan fingerprint density at radius 1 is 1.46 bits per heavy atom. The minimum atomic E-state index is 0.767. The zero-order valence-corrected chi connectivity index (χ0v) is 8.89. The SMILES string of the molecule is C=CC1CCCC(NCCCC)C1. The van der Waals surface area contributed by atoms with E-state index in [9.17, 15) is 0 Å². The van der Waals surface area contributed by atoms with Gasteiger partial charge in [-0.15, -0.1) is 6.58 Å². The van der Waals surface area contributed by atoms with E-state index in [1.165, 1.54) is 45.1 Å². The van der Waals surface area contributed by atoms with Crippen LogP contribution in [-0.4, -0.2) is 12.6 Å². The zero-order valence-electron chi connectivity index (χ0n) is 8.89. The Morgan fingerprint density at radius 3 is 3.00 bits per heavy atom. The fraction of sp³-hybridized carbons (Fsp3) is 0.833. The van der Waals surface area contributed by atoms with Crippen LogP contribution in [0.25, 0.3) is 0 Å². The summed E-state index contributed by atoms with van der Waals surface area (Å²) in [5, 5.41) is 3.64. The molecule has 2 unspecified atom stereocenters. The van der Waals surface area contributed by atoms with E-state index in [0.717, 1.165) is 12.0 Å². The van der Waals surface area contributed by atoms with E-state index in [0.29, 0.717) is 0 Å². The maximum absolute atomic E-state index is 3.89. The topological polar surface area (TPSA) is 12.0 Å². The maximum atomic E-state index is 3.89. The lowest BCUT2D eigenvalue weighted by Gasteiger charge is -2.28. The van der Waals surface area contributed by atoms with Crippen LogP contribution < -0.4 is 5.32 Å². The number of hydrogen-bond acceptors (Lipinski definition) is 1. The Kier molecular flexibility index (Phi) is 5.14. The molecule has 0 aromatic heterocycles.